The second-order valence-corrected chi connectivity index (χ2v) is 6.25. The molecule has 1 aliphatic heterocycles. The molecule has 0 unspecified atom stereocenters. The Balaban J connectivity index is 0.00000280. The maximum Gasteiger partial charge on any atom is 0.284 e. The van der Waals surface area contributed by atoms with E-state index in [9.17, 15) is 9.18 Å². The number of amides is 1. The molecule has 1 saturated heterocycles. The number of carbonyl (C=O) groups is 1. The van der Waals surface area contributed by atoms with Gasteiger partial charge in [-0.1, -0.05) is 0 Å². The quantitative estimate of drug-likeness (QED) is 0.374. The summed E-state index contributed by atoms with van der Waals surface area (Å²) in [5.74, 6) is 0.709. The van der Waals surface area contributed by atoms with Crippen molar-refractivity contribution < 1.29 is 13.6 Å². The minimum Gasteiger partial charge on any atom is -0.454 e. The third kappa shape index (κ3) is 5.60. The number of hydrogen-bond acceptors (Lipinski definition) is 4. The van der Waals surface area contributed by atoms with Gasteiger partial charge in [0.2, 0.25) is 0 Å². The lowest BCUT2D eigenvalue weighted by molar-refractivity contribution is 0.0972. The third-order valence-electron chi connectivity index (χ3n) is 4.40. The smallest absolute Gasteiger partial charge is 0.284 e. The molecule has 7 nitrogen and oxygen atoms in total. The summed E-state index contributed by atoms with van der Waals surface area (Å²) in [5, 5.41) is 3.29. The lowest BCUT2D eigenvalue weighted by atomic mass is 10.2. The Hall–Kier alpha value is -2.30. The predicted molar refractivity (Wildman–Crippen MR) is 118 cm³/mol. The Morgan fingerprint density at radius 2 is 1.86 bits per heavy atom. The van der Waals surface area contributed by atoms with Gasteiger partial charge in [0.25, 0.3) is 5.91 Å². The molecule has 0 saturated carbocycles. The number of benzene rings is 1. The molecular weight excluding hydrogens is 476 g/mol. The molecule has 1 fully saturated rings. The summed E-state index contributed by atoms with van der Waals surface area (Å²) in [6.45, 7) is 6.34. The van der Waals surface area contributed by atoms with E-state index in [1.165, 1.54) is 12.1 Å². The Morgan fingerprint density at radius 3 is 2.43 bits per heavy atom. The minimum atomic E-state index is -0.589. The Labute approximate surface area is 180 Å². The summed E-state index contributed by atoms with van der Waals surface area (Å²) < 4.78 is 18.5. The van der Waals surface area contributed by atoms with E-state index < -0.39 is 5.91 Å². The average molecular weight is 501 g/mol. The number of guanidine groups is 1. The van der Waals surface area contributed by atoms with E-state index >= 15 is 0 Å². The van der Waals surface area contributed by atoms with Crippen LogP contribution in [0, 0.1) is 5.82 Å². The maximum absolute atomic E-state index is 13.1. The van der Waals surface area contributed by atoms with Crippen molar-refractivity contribution in [2.75, 3.05) is 37.6 Å². The number of piperazine rings is 1. The van der Waals surface area contributed by atoms with Crippen LogP contribution in [0.15, 0.2) is 45.8 Å². The van der Waals surface area contributed by atoms with Crippen LogP contribution in [0.1, 0.15) is 23.2 Å². The molecular formula is C19H25FIN5O2. The highest BCUT2D eigenvalue weighted by Crippen LogP contribution is 2.17. The first-order valence-corrected chi connectivity index (χ1v) is 8.99. The largest absolute Gasteiger partial charge is 0.454 e. The van der Waals surface area contributed by atoms with Crippen molar-refractivity contribution in [1.29, 1.82) is 0 Å². The van der Waals surface area contributed by atoms with Gasteiger partial charge in [-0.15, -0.1) is 24.0 Å². The summed E-state index contributed by atoms with van der Waals surface area (Å²) >= 11 is 0. The molecule has 28 heavy (non-hydrogen) atoms. The van der Waals surface area contributed by atoms with Crippen molar-refractivity contribution in [3.8, 4) is 0 Å². The van der Waals surface area contributed by atoms with Crippen molar-refractivity contribution in [2.45, 2.75) is 13.5 Å². The first-order chi connectivity index (χ1) is 13.1. The fourth-order valence-electron chi connectivity index (χ4n) is 3.00. The molecule has 1 aliphatic rings. The molecule has 3 N–H and O–H groups in total. The molecule has 0 radical (unpaired) electrons. The third-order valence-corrected chi connectivity index (χ3v) is 4.40. The van der Waals surface area contributed by atoms with Crippen LogP contribution in [0.4, 0.5) is 10.1 Å². The number of carbonyl (C=O) groups excluding carboxylic acids is 1. The van der Waals surface area contributed by atoms with Crippen LogP contribution in [0.3, 0.4) is 0 Å². The van der Waals surface area contributed by atoms with Crippen LogP contribution in [-0.2, 0) is 6.54 Å². The molecule has 0 atom stereocenters. The zero-order valence-electron chi connectivity index (χ0n) is 15.7. The highest BCUT2D eigenvalue weighted by molar-refractivity contribution is 14.0. The number of hydrogen-bond donors (Lipinski definition) is 2. The van der Waals surface area contributed by atoms with Gasteiger partial charge in [-0.05, 0) is 43.3 Å². The van der Waals surface area contributed by atoms with E-state index in [4.69, 9.17) is 10.2 Å². The van der Waals surface area contributed by atoms with Crippen LogP contribution in [0.2, 0.25) is 0 Å². The molecule has 152 valence electrons. The normalized spacial score (nSPS) is 14.6. The fraction of sp³-hybridized carbons (Fsp3) is 0.368. The molecule has 2 aromatic rings. The second-order valence-electron chi connectivity index (χ2n) is 6.25. The molecule has 2 heterocycles. The lowest BCUT2D eigenvalue weighted by Crippen LogP contribution is -2.52. The summed E-state index contributed by atoms with van der Waals surface area (Å²) in [6, 6.07) is 9.84. The van der Waals surface area contributed by atoms with E-state index in [0.29, 0.717) is 12.3 Å². The first-order valence-electron chi connectivity index (χ1n) is 8.99. The van der Waals surface area contributed by atoms with Crippen LogP contribution < -0.4 is 16.0 Å². The van der Waals surface area contributed by atoms with Gasteiger partial charge in [-0.2, -0.15) is 0 Å². The molecule has 1 aromatic heterocycles. The summed E-state index contributed by atoms with van der Waals surface area (Å²) in [4.78, 5) is 20.1. The average Bonchev–Trinajstić information content (AvgIpc) is 3.15. The second kappa shape index (κ2) is 10.3. The minimum absolute atomic E-state index is 0. The number of furan rings is 1. The van der Waals surface area contributed by atoms with Gasteiger partial charge in [0.1, 0.15) is 18.1 Å². The fourth-order valence-corrected chi connectivity index (χ4v) is 3.00. The van der Waals surface area contributed by atoms with Crippen LogP contribution in [-0.4, -0.2) is 49.5 Å². The van der Waals surface area contributed by atoms with Crippen LogP contribution >= 0.6 is 24.0 Å². The number of primary amides is 1. The highest BCUT2D eigenvalue weighted by atomic mass is 127. The molecule has 0 spiro atoms. The first kappa shape index (κ1) is 22.0. The Morgan fingerprint density at radius 1 is 1.18 bits per heavy atom. The summed E-state index contributed by atoms with van der Waals surface area (Å²) in [6.07, 6.45) is 0. The number of nitrogens with two attached hydrogens (primary N) is 1. The van der Waals surface area contributed by atoms with Crippen LogP contribution in [0.5, 0.6) is 0 Å². The number of aliphatic imine (C=N–C) groups is 1. The number of nitrogens with zero attached hydrogens (tertiary/aromatic N) is 3. The molecule has 9 heteroatoms. The van der Waals surface area contributed by atoms with E-state index in [1.54, 1.807) is 24.3 Å². The van der Waals surface area contributed by atoms with E-state index in [1.807, 2.05) is 6.92 Å². The van der Waals surface area contributed by atoms with Crippen molar-refractivity contribution in [3.63, 3.8) is 0 Å². The van der Waals surface area contributed by atoms with Gasteiger partial charge in [0.05, 0.1) is 0 Å². The van der Waals surface area contributed by atoms with Crippen molar-refractivity contribution in [3.05, 3.63) is 53.7 Å². The zero-order chi connectivity index (χ0) is 19.2. The van der Waals surface area contributed by atoms with Gasteiger partial charge in [-0.3, -0.25) is 4.79 Å². The molecule has 3 rings (SSSR count). The van der Waals surface area contributed by atoms with Crippen molar-refractivity contribution in [1.82, 2.24) is 10.2 Å². The van der Waals surface area contributed by atoms with Gasteiger partial charge < -0.3 is 25.3 Å². The van der Waals surface area contributed by atoms with Crippen LogP contribution in [0.25, 0.3) is 0 Å². The topological polar surface area (TPSA) is 87.1 Å². The van der Waals surface area contributed by atoms with E-state index in [2.05, 4.69) is 20.1 Å². The standard InChI is InChI=1S/C19H24FN5O2.HI/c1-2-22-19(23-13-16-7-8-17(27-16)18(21)26)25-11-9-24(10-12-25)15-5-3-14(20)4-6-15;/h3-8H,2,9-13H2,1H3,(H2,21,26)(H,22,23);1H. The number of anilines is 1. The van der Waals surface area contributed by atoms with Gasteiger partial charge in [-0.25, -0.2) is 9.38 Å². The van der Waals surface area contributed by atoms with Crippen molar-refractivity contribution >= 4 is 41.5 Å². The summed E-state index contributed by atoms with van der Waals surface area (Å²) in [5.41, 5.74) is 6.22. The Kier molecular flexibility index (Phi) is 8.09. The summed E-state index contributed by atoms with van der Waals surface area (Å²) in [7, 11) is 0. The SMILES string of the molecule is CCNC(=NCc1ccc(C(N)=O)o1)N1CCN(c2ccc(F)cc2)CC1.I. The monoisotopic (exact) mass is 501 g/mol. The Bertz CT molecular complexity index is 801. The number of rotatable bonds is 5. The van der Waals surface area contributed by atoms with Gasteiger partial charge in [0, 0.05) is 38.4 Å². The van der Waals surface area contributed by atoms with E-state index in [0.717, 1.165) is 44.4 Å². The number of nitrogens with one attached hydrogen (secondary N) is 1. The lowest BCUT2D eigenvalue weighted by Gasteiger charge is -2.37. The molecule has 1 aromatic carbocycles. The molecule has 0 bridgehead atoms. The highest BCUT2D eigenvalue weighted by Gasteiger charge is 2.20. The van der Waals surface area contributed by atoms with Gasteiger partial charge >= 0.3 is 0 Å². The molecule has 1 amide bonds. The molecule has 0 aliphatic carbocycles. The van der Waals surface area contributed by atoms with Gasteiger partial charge in [0.15, 0.2) is 11.7 Å². The van der Waals surface area contributed by atoms with Crippen molar-refractivity contribution in [2.24, 2.45) is 10.7 Å². The van der Waals surface area contributed by atoms with E-state index in [-0.39, 0.29) is 35.6 Å². The number of halogens is 2. The maximum atomic E-state index is 13.1. The predicted octanol–water partition coefficient (Wildman–Crippen LogP) is 2.42. The zero-order valence-corrected chi connectivity index (χ0v) is 18.1.